The Balaban J connectivity index is 1.54. The molecule has 2 N–H and O–H groups in total. The largest absolute Gasteiger partial charge is 0.382 e. The van der Waals surface area contributed by atoms with E-state index in [0.29, 0.717) is 31.7 Å². The quantitative estimate of drug-likeness (QED) is 0.832. The average molecular weight is 333 g/mol. The van der Waals surface area contributed by atoms with E-state index in [1.54, 1.807) is 24.1 Å². The molecule has 0 radical (unpaired) electrons. The summed E-state index contributed by atoms with van der Waals surface area (Å²) in [6.45, 7) is 1.59. The summed E-state index contributed by atoms with van der Waals surface area (Å²) in [5.74, 6) is -0.347. The van der Waals surface area contributed by atoms with Crippen molar-refractivity contribution in [1.29, 1.82) is 0 Å². The number of hydrogen-bond donors (Lipinski definition) is 2. The number of likely N-dealkylation sites (N-methyl/N-ethyl adjacent to an activating group) is 1. The Morgan fingerprint density at radius 2 is 2.21 bits per heavy atom. The Hall–Kier alpha value is -2.32. The average Bonchev–Trinajstić information content (AvgIpc) is 3.20. The molecule has 2 aromatic rings. The van der Waals surface area contributed by atoms with E-state index in [0.717, 1.165) is 5.56 Å². The standard InChI is InChI=1S/C16H20FN5O2/c1-21(9-12-2-4-13(17)5-3-12)15(23)10-22-7-6-16(24,11-22)14-8-18-20-19-14/h2-5,8,24H,6-7,9-11H2,1H3,(H,18,19,20). The molecule has 0 bridgehead atoms. The lowest BCUT2D eigenvalue weighted by atomic mass is 10.0. The molecule has 0 aliphatic carbocycles. The number of rotatable bonds is 5. The maximum Gasteiger partial charge on any atom is 0.236 e. The third kappa shape index (κ3) is 3.60. The summed E-state index contributed by atoms with van der Waals surface area (Å²) in [6.07, 6.45) is 2.01. The number of nitrogens with one attached hydrogen (secondary N) is 1. The van der Waals surface area contributed by atoms with E-state index < -0.39 is 5.60 Å². The lowest BCUT2D eigenvalue weighted by Crippen LogP contribution is -2.39. The molecule has 1 aromatic heterocycles. The van der Waals surface area contributed by atoms with E-state index in [-0.39, 0.29) is 18.3 Å². The predicted molar refractivity (Wildman–Crippen MR) is 84.2 cm³/mol. The van der Waals surface area contributed by atoms with Gasteiger partial charge >= 0.3 is 0 Å². The fourth-order valence-electron chi connectivity index (χ4n) is 2.90. The minimum Gasteiger partial charge on any atom is -0.382 e. The van der Waals surface area contributed by atoms with Gasteiger partial charge in [0, 0.05) is 26.7 Å². The highest BCUT2D eigenvalue weighted by Crippen LogP contribution is 2.29. The van der Waals surface area contributed by atoms with Gasteiger partial charge in [0.05, 0.1) is 12.7 Å². The fraction of sp³-hybridized carbons (Fsp3) is 0.438. The van der Waals surface area contributed by atoms with Gasteiger partial charge in [-0.05, 0) is 24.1 Å². The number of aromatic amines is 1. The number of likely N-dealkylation sites (tertiary alicyclic amines) is 1. The molecule has 1 saturated heterocycles. The van der Waals surface area contributed by atoms with Crippen LogP contribution in [0.15, 0.2) is 30.5 Å². The maximum absolute atomic E-state index is 12.9. The van der Waals surface area contributed by atoms with E-state index in [2.05, 4.69) is 15.4 Å². The summed E-state index contributed by atoms with van der Waals surface area (Å²) in [4.78, 5) is 15.9. The van der Waals surface area contributed by atoms with Gasteiger partial charge in [0.2, 0.25) is 5.91 Å². The van der Waals surface area contributed by atoms with Crippen LogP contribution in [0.4, 0.5) is 4.39 Å². The summed E-state index contributed by atoms with van der Waals surface area (Å²) < 4.78 is 12.9. The van der Waals surface area contributed by atoms with Gasteiger partial charge in [0.1, 0.15) is 17.1 Å². The van der Waals surface area contributed by atoms with Crippen LogP contribution in [-0.4, -0.2) is 62.9 Å². The highest BCUT2D eigenvalue weighted by molar-refractivity contribution is 5.78. The minimum atomic E-state index is -1.07. The highest BCUT2D eigenvalue weighted by Gasteiger charge is 2.40. The van der Waals surface area contributed by atoms with Crippen molar-refractivity contribution >= 4 is 5.91 Å². The first-order chi connectivity index (χ1) is 11.5. The second-order valence-electron chi connectivity index (χ2n) is 6.22. The molecule has 1 fully saturated rings. The summed E-state index contributed by atoms with van der Waals surface area (Å²) in [5.41, 5.74) is 0.299. The van der Waals surface area contributed by atoms with Crippen LogP contribution in [0.5, 0.6) is 0 Å². The molecule has 3 rings (SSSR count). The molecule has 1 aromatic carbocycles. The Kier molecular flexibility index (Phi) is 4.59. The second kappa shape index (κ2) is 6.66. The monoisotopic (exact) mass is 333 g/mol. The SMILES string of the molecule is CN(Cc1ccc(F)cc1)C(=O)CN1CCC(O)(c2cn[nH]n2)C1. The van der Waals surface area contributed by atoms with Gasteiger partial charge in [-0.25, -0.2) is 4.39 Å². The van der Waals surface area contributed by atoms with E-state index in [1.165, 1.54) is 18.3 Å². The maximum atomic E-state index is 12.9. The van der Waals surface area contributed by atoms with Crippen LogP contribution in [0.25, 0.3) is 0 Å². The van der Waals surface area contributed by atoms with Crippen LogP contribution in [0, 0.1) is 5.82 Å². The fourth-order valence-corrected chi connectivity index (χ4v) is 2.90. The Labute approximate surface area is 139 Å². The summed E-state index contributed by atoms with van der Waals surface area (Å²) >= 11 is 0. The van der Waals surface area contributed by atoms with Crippen molar-refractivity contribution in [2.75, 3.05) is 26.7 Å². The molecule has 1 amide bonds. The highest BCUT2D eigenvalue weighted by atomic mass is 19.1. The first-order valence-electron chi connectivity index (χ1n) is 7.76. The molecule has 0 saturated carbocycles. The van der Waals surface area contributed by atoms with E-state index >= 15 is 0 Å². The van der Waals surface area contributed by atoms with Crippen LogP contribution in [0.1, 0.15) is 17.7 Å². The van der Waals surface area contributed by atoms with Crippen LogP contribution in [-0.2, 0) is 16.9 Å². The van der Waals surface area contributed by atoms with Crippen molar-refractivity contribution in [1.82, 2.24) is 25.2 Å². The molecular formula is C16H20FN5O2. The van der Waals surface area contributed by atoms with Crippen molar-refractivity contribution in [3.8, 4) is 0 Å². The van der Waals surface area contributed by atoms with Gasteiger partial charge in [-0.1, -0.05) is 12.1 Å². The zero-order chi connectivity index (χ0) is 17.2. The van der Waals surface area contributed by atoms with Gasteiger partial charge in [-0.2, -0.15) is 15.4 Å². The molecule has 1 atom stereocenters. The van der Waals surface area contributed by atoms with E-state index in [1.807, 2.05) is 4.90 Å². The smallest absolute Gasteiger partial charge is 0.236 e. The molecule has 1 unspecified atom stereocenters. The number of H-pyrrole nitrogens is 1. The number of aliphatic hydroxyl groups is 1. The number of halogens is 1. The molecule has 128 valence electrons. The van der Waals surface area contributed by atoms with Gasteiger partial charge in [-0.15, -0.1) is 0 Å². The van der Waals surface area contributed by atoms with E-state index in [4.69, 9.17) is 0 Å². The zero-order valence-corrected chi connectivity index (χ0v) is 13.4. The topological polar surface area (TPSA) is 85.4 Å². The third-order valence-corrected chi connectivity index (χ3v) is 4.34. The molecule has 0 spiro atoms. The van der Waals surface area contributed by atoms with Crippen LogP contribution in [0.2, 0.25) is 0 Å². The number of nitrogens with zero attached hydrogens (tertiary/aromatic N) is 4. The first-order valence-corrected chi connectivity index (χ1v) is 7.76. The zero-order valence-electron chi connectivity index (χ0n) is 13.4. The lowest BCUT2D eigenvalue weighted by Gasteiger charge is -2.23. The second-order valence-corrected chi connectivity index (χ2v) is 6.22. The molecule has 8 heteroatoms. The van der Waals surface area contributed by atoms with Gasteiger partial charge < -0.3 is 10.0 Å². The predicted octanol–water partition coefficient (Wildman–Crippen LogP) is 0.496. The summed E-state index contributed by atoms with van der Waals surface area (Å²) in [7, 11) is 1.71. The lowest BCUT2D eigenvalue weighted by molar-refractivity contribution is -0.131. The van der Waals surface area contributed by atoms with Gasteiger partial charge in [0.15, 0.2) is 0 Å². The molecule has 24 heavy (non-hydrogen) atoms. The molecule has 1 aliphatic rings. The molecule has 7 nitrogen and oxygen atoms in total. The molecule has 1 aliphatic heterocycles. The van der Waals surface area contributed by atoms with Crippen LogP contribution >= 0.6 is 0 Å². The van der Waals surface area contributed by atoms with Crippen molar-refractivity contribution in [3.63, 3.8) is 0 Å². The third-order valence-electron chi connectivity index (χ3n) is 4.34. The number of benzene rings is 1. The van der Waals surface area contributed by atoms with Crippen LogP contribution in [0.3, 0.4) is 0 Å². The number of aromatic nitrogens is 3. The van der Waals surface area contributed by atoms with E-state index in [9.17, 15) is 14.3 Å². The number of carbonyl (C=O) groups is 1. The minimum absolute atomic E-state index is 0.0521. The summed E-state index contributed by atoms with van der Waals surface area (Å²) in [6, 6.07) is 6.09. The summed E-state index contributed by atoms with van der Waals surface area (Å²) in [5, 5.41) is 20.8. The van der Waals surface area contributed by atoms with Crippen LogP contribution < -0.4 is 0 Å². The Morgan fingerprint density at radius 3 is 2.88 bits per heavy atom. The first kappa shape index (κ1) is 16.5. The number of carbonyl (C=O) groups excluding carboxylic acids is 1. The Bertz CT molecular complexity index is 691. The molecular weight excluding hydrogens is 313 g/mol. The normalized spacial score (nSPS) is 21.1. The van der Waals surface area contributed by atoms with Gasteiger partial charge in [0.25, 0.3) is 0 Å². The van der Waals surface area contributed by atoms with Crippen molar-refractivity contribution < 1.29 is 14.3 Å². The number of β-amino-alcohol motifs (C(OH)–C–C–N with tert-alkyl or cyclic N) is 1. The number of hydrogen-bond acceptors (Lipinski definition) is 5. The Morgan fingerprint density at radius 1 is 1.46 bits per heavy atom. The van der Waals surface area contributed by atoms with Gasteiger partial charge in [-0.3, -0.25) is 9.69 Å². The van der Waals surface area contributed by atoms with Crippen molar-refractivity contribution in [2.24, 2.45) is 0 Å². The van der Waals surface area contributed by atoms with Crippen molar-refractivity contribution in [3.05, 3.63) is 47.5 Å². The number of amides is 1. The van der Waals surface area contributed by atoms with Crippen molar-refractivity contribution in [2.45, 2.75) is 18.6 Å². The molecule has 2 heterocycles.